The number of phenolic OH excluding ortho intramolecular Hbond substituents is 1. The number of rotatable bonds is 5. The zero-order valence-corrected chi connectivity index (χ0v) is 15.8. The Hall–Kier alpha value is -1.51. The Labute approximate surface area is 141 Å². The quantitative estimate of drug-likeness (QED) is 0.555. The second-order valence-corrected chi connectivity index (χ2v) is 8.43. The van der Waals surface area contributed by atoms with E-state index in [1.807, 2.05) is 12.1 Å². The van der Waals surface area contributed by atoms with Crippen LogP contribution >= 0.6 is 0 Å². The van der Waals surface area contributed by atoms with Gasteiger partial charge in [-0.15, -0.1) is 0 Å². The van der Waals surface area contributed by atoms with Crippen LogP contribution in [0.2, 0.25) is 0 Å². The molecule has 0 aliphatic carbocycles. The Morgan fingerprint density at radius 2 is 1.48 bits per heavy atom. The molecule has 0 aromatic heterocycles. The van der Waals surface area contributed by atoms with E-state index in [2.05, 4.69) is 53.8 Å². The van der Waals surface area contributed by atoms with Crippen molar-refractivity contribution in [3.63, 3.8) is 0 Å². The molecular weight excluding hydrogens is 286 g/mol. The average Bonchev–Trinajstić information content (AvgIpc) is 2.38. The molecule has 1 rings (SSSR count). The van der Waals surface area contributed by atoms with Gasteiger partial charge in [0.05, 0.1) is 0 Å². The van der Waals surface area contributed by atoms with Gasteiger partial charge in [0.15, 0.2) is 0 Å². The number of nitrogens with one attached hydrogen (secondary N) is 1. The highest BCUT2D eigenvalue weighted by atomic mass is 16.3. The number of anilines is 1. The van der Waals surface area contributed by atoms with E-state index in [4.69, 9.17) is 0 Å². The van der Waals surface area contributed by atoms with Crippen molar-refractivity contribution in [1.82, 2.24) is 0 Å². The third-order valence-corrected chi connectivity index (χ3v) is 4.02. The van der Waals surface area contributed by atoms with Gasteiger partial charge in [-0.2, -0.15) is 0 Å². The van der Waals surface area contributed by atoms with E-state index in [-0.39, 0.29) is 16.7 Å². The van der Waals surface area contributed by atoms with Crippen LogP contribution in [0.3, 0.4) is 0 Å². The van der Waals surface area contributed by atoms with E-state index in [9.17, 15) is 9.90 Å². The molecular formula is C20H33NO2. The Bertz CT molecular complexity index is 513. The lowest BCUT2D eigenvalue weighted by atomic mass is 9.79. The molecule has 0 radical (unpaired) electrons. The minimum Gasteiger partial charge on any atom is -0.507 e. The fourth-order valence-corrected chi connectivity index (χ4v) is 2.61. The largest absolute Gasteiger partial charge is 0.507 e. The molecule has 0 spiro atoms. The number of benzene rings is 1. The second kappa shape index (κ2) is 7.37. The first-order valence-electron chi connectivity index (χ1n) is 8.64. The van der Waals surface area contributed by atoms with Crippen molar-refractivity contribution in [2.24, 2.45) is 0 Å². The van der Waals surface area contributed by atoms with E-state index in [0.29, 0.717) is 12.2 Å². The molecule has 0 bridgehead atoms. The average molecular weight is 319 g/mol. The summed E-state index contributed by atoms with van der Waals surface area (Å²) in [6, 6.07) is 3.81. The van der Waals surface area contributed by atoms with E-state index in [1.54, 1.807) is 0 Å². The topological polar surface area (TPSA) is 49.3 Å². The summed E-state index contributed by atoms with van der Waals surface area (Å²) in [5, 5.41) is 13.7. The Kier molecular flexibility index (Phi) is 6.26. The number of unbranched alkanes of at least 4 members (excludes halogenated alkanes) is 2. The molecule has 0 unspecified atom stereocenters. The lowest BCUT2D eigenvalue weighted by Gasteiger charge is -2.28. The van der Waals surface area contributed by atoms with Gasteiger partial charge in [-0.25, -0.2) is 0 Å². The zero-order chi connectivity index (χ0) is 17.8. The highest BCUT2D eigenvalue weighted by Gasteiger charge is 2.26. The maximum Gasteiger partial charge on any atom is 0.224 e. The first kappa shape index (κ1) is 19.5. The Morgan fingerprint density at radius 1 is 1.00 bits per heavy atom. The fourth-order valence-electron chi connectivity index (χ4n) is 2.61. The van der Waals surface area contributed by atoms with Crippen LogP contribution in [0, 0.1) is 0 Å². The number of carbonyl (C=O) groups excluding carboxylic acids is 1. The molecule has 3 nitrogen and oxygen atoms in total. The number of hydrogen-bond acceptors (Lipinski definition) is 2. The summed E-state index contributed by atoms with van der Waals surface area (Å²) in [5.74, 6) is 0.387. The summed E-state index contributed by atoms with van der Waals surface area (Å²) in [6.45, 7) is 14.6. The molecule has 0 aliphatic rings. The van der Waals surface area contributed by atoms with E-state index < -0.39 is 0 Å². The maximum atomic E-state index is 12.1. The van der Waals surface area contributed by atoms with Crippen molar-refractivity contribution < 1.29 is 9.90 Å². The lowest BCUT2D eigenvalue weighted by molar-refractivity contribution is -0.116. The molecule has 2 N–H and O–H groups in total. The van der Waals surface area contributed by atoms with Gasteiger partial charge in [-0.1, -0.05) is 61.3 Å². The lowest BCUT2D eigenvalue weighted by Crippen LogP contribution is -2.19. The first-order valence-corrected chi connectivity index (χ1v) is 8.64. The van der Waals surface area contributed by atoms with Crippen LogP contribution in [0.5, 0.6) is 5.75 Å². The monoisotopic (exact) mass is 319 g/mol. The van der Waals surface area contributed by atoms with Crippen LogP contribution in [0.15, 0.2) is 12.1 Å². The summed E-state index contributed by atoms with van der Waals surface area (Å²) in [5.41, 5.74) is 2.14. The summed E-state index contributed by atoms with van der Waals surface area (Å²) in [6.07, 6.45) is 3.64. The van der Waals surface area contributed by atoms with Crippen molar-refractivity contribution in [3.05, 3.63) is 23.3 Å². The SMILES string of the molecule is CCCCCC(=O)Nc1cc(C(C)(C)C)c(O)c(C(C)(C)C)c1. The number of aromatic hydroxyl groups is 1. The number of amides is 1. The molecule has 0 aliphatic heterocycles. The molecule has 0 atom stereocenters. The third-order valence-electron chi connectivity index (χ3n) is 4.02. The molecule has 130 valence electrons. The van der Waals surface area contributed by atoms with Crippen LogP contribution in [-0.4, -0.2) is 11.0 Å². The summed E-state index contributed by atoms with van der Waals surface area (Å²) >= 11 is 0. The summed E-state index contributed by atoms with van der Waals surface area (Å²) in [4.78, 5) is 12.1. The third kappa shape index (κ3) is 5.56. The van der Waals surface area contributed by atoms with Crippen LogP contribution in [0.1, 0.15) is 85.3 Å². The van der Waals surface area contributed by atoms with Gasteiger partial charge in [0.2, 0.25) is 5.91 Å². The minimum absolute atomic E-state index is 0.0452. The molecule has 1 aromatic rings. The molecule has 1 aromatic carbocycles. The van der Waals surface area contributed by atoms with Gasteiger partial charge < -0.3 is 10.4 Å². The summed E-state index contributed by atoms with van der Waals surface area (Å²) < 4.78 is 0. The normalized spacial score (nSPS) is 12.3. The standard InChI is InChI=1S/C20H33NO2/c1-8-9-10-11-17(22)21-14-12-15(19(2,3)4)18(23)16(13-14)20(5,6)7/h12-13,23H,8-11H2,1-7H3,(H,21,22). The van der Waals surface area contributed by atoms with Gasteiger partial charge in [-0.05, 0) is 29.4 Å². The van der Waals surface area contributed by atoms with Crippen LogP contribution in [-0.2, 0) is 15.6 Å². The highest BCUT2D eigenvalue weighted by molar-refractivity contribution is 5.91. The number of phenols is 1. The molecule has 23 heavy (non-hydrogen) atoms. The highest BCUT2D eigenvalue weighted by Crippen LogP contribution is 2.41. The second-order valence-electron chi connectivity index (χ2n) is 8.43. The van der Waals surface area contributed by atoms with Gasteiger partial charge in [0.1, 0.15) is 5.75 Å². The van der Waals surface area contributed by atoms with Gasteiger partial charge in [0, 0.05) is 23.2 Å². The van der Waals surface area contributed by atoms with Crippen molar-refractivity contribution in [2.75, 3.05) is 5.32 Å². The van der Waals surface area contributed by atoms with E-state index in [1.165, 1.54) is 0 Å². The molecule has 0 saturated carbocycles. The van der Waals surface area contributed by atoms with Gasteiger partial charge >= 0.3 is 0 Å². The van der Waals surface area contributed by atoms with Gasteiger partial charge in [-0.3, -0.25) is 4.79 Å². The number of hydrogen-bond donors (Lipinski definition) is 2. The smallest absolute Gasteiger partial charge is 0.224 e. The van der Waals surface area contributed by atoms with E-state index >= 15 is 0 Å². The fraction of sp³-hybridized carbons (Fsp3) is 0.650. The van der Waals surface area contributed by atoms with Crippen LogP contribution in [0.4, 0.5) is 5.69 Å². The first-order chi connectivity index (χ1) is 10.5. The van der Waals surface area contributed by atoms with Crippen molar-refractivity contribution >= 4 is 11.6 Å². The maximum absolute atomic E-state index is 12.1. The molecule has 0 heterocycles. The van der Waals surface area contributed by atoms with Crippen LogP contribution in [0.25, 0.3) is 0 Å². The predicted octanol–water partition coefficient (Wildman–Crippen LogP) is 5.51. The Morgan fingerprint density at radius 3 is 1.87 bits per heavy atom. The minimum atomic E-state index is -0.187. The molecule has 1 amide bonds. The summed E-state index contributed by atoms with van der Waals surface area (Å²) in [7, 11) is 0. The number of carbonyl (C=O) groups is 1. The molecule has 0 saturated heterocycles. The van der Waals surface area contributed by atoms with E-state index in [0.717, 1.165) is 36.1 Å². The molecule has 0 fully saturated rings. The van der Waals surface area contributed by atoms with Crippen molar-refractivity contribution in [1.29, 1.82) is 0 Å². The predicted molar refractivity (Wildman–Crippen MR) is 98.3 cm³/mol. The van der Waals surface area contributed by atoms with Crippen LogP contribution < -0.4 is 5.32 Å². The Balaban J connectivity index is 3.16. The zero-order valence-electron chi connectivity index (χ0n) is 15.8. The molecule has 3 heteroatoms. The van der Waals surface area contributed by atoms with Crippen molar-refractivity contribution in [2.45, 2.75) is 85.0 Å². The van der Waals surface area contributed by atoms with Crippen molar-refractivity contribution in [3.8, 4) is 5.75 Å². The van der Waals surface area contributed by atoms with Gasteiger partial charge in [0.25, 0.3) is 0 Å².